The third-order valence-electron chi connectivity index (χ3n) is 2.59. The molecule has 4 heteroatoms. The molecule has 2 N–H and O–H groups in total. The Bertz CT molecular complexity index is 204. The van der Waals surface area contributed by atoms with Crippen LogP contribution in [-0.2, 0) is 9.53 Å². The van der Waals surface area contributed by atoms with Crippen LogP contribution in [0, 0.1) is 5.41 Å². The van der Waals surface area contributed by atoms with Crippen molar-refractivity contribution in [3.8, 4) is 0 Å². The van der Waals surface area contributed by atoms with Crippen LogP contribution in [0.1, 0.15) is 40.5 Å². The number of aliphatic hydroxyl groups excluding tert-OH is 1. The maximum absolute atomic E-state index is 11.5. The molecule has 0 amide bonds. The maximum Gasteiger partial charge on any atom is 0.323 e. The van der Waals surface area contributed by atoms with E-state index >= 15 is 0 Å². The fraction of sp³-hybridized carbons (Fsp3) is 0.917. The van der Waals surface area contributed by atoms with E-state index in [1.54, 1.807) is 6.92 Å². The van der Waals surface area contributed by atoms with Crippen molar-refractivity contribution in [1.82, 2.24) is 5.32 Å². The summed E-state index contributed by atoms with van der Waals surface area (Å²) >= 11 is 0. The van der Waals surface area contributed by atoms with Gasteiger partial charge in [0.1, 0.15) is 6.04 Å². The molecule has 0 aliphatic carbocycles. The summed E-state index contributed by atoms with van der Waals surface area (Å²) in [4.78, 5) is 11.5. The van der Waals surface area contributed by atoms with Crippen molar-refractivity contribution < 1.29 is 14.6 Å². The number of hydrogen-bond donors (Lipinski definition) is 2. The molecule has 0 fully saturated rings. The van der Waals surface area contributed by atoms with Crippen molar-refractivity contribution >= 4 is 5.97 Å². The van der Waals surface area contributed by atoms with Gasteiger partial charge >= 0.3 is 5.97 Å². The Morgan fingerprint density at radius 2 is 2.06 bits per heavy atom. The lowest BCUT2D eigenvalue weighted by Gasteiger charge is -2.26. The quantitative estimate of drug-likeness (QED) is 0.619. The van der Waals surface area contributed by atoms with Gasteiger partial charge in [-0.05, 0) is 25.2 Å². The van der Waals surface area contributed by atoms with Gasteiger partial charge in [0.2, 0.25) is 0 Å². The third-order valence-corrected chi connectivity index (χ3v) is 2.59. The number of esters is 1. The van der Waals surface area contributed by atoms with Crippen LogP contribution in [0.2, 0.25) is 0 Å². The van der Waals surface area contributed by atoms with Crippen LogP contribution >= 0.6 is 0 Å². The largest absolute Gasteiger partial charge is 0.465 e. The van der Waals surface area contributed by atoms with Crippen molar-refractivity contribution in [2.75, 3.05) is 19.8 Å². The number of rotatable bonds is 8. The summed E-state index contributed by atoms with van der Waals surface area (Å²) in [5.41, 5.74) is -0.00529. The first-order chi connectivity index (χ1) is 7.46. The predicted octanol–water partition coefficient (Wildman–Crippen LogP) is 1.33. The van der Waals surface area contributed by atoms with Crippen LogP contribution in [0.5, 0.6) is 0 Å². The highest BCUT2D eigenvalue weighted by molar-refractivity contribution is 5.75. The number of carbonyl (C=O) groups excluding carboxylic acids is 1. The summed E-state index contributed by atoms with van der Waals surface area (Å²) in [6.45, 7) is 9.17. The average molecular weight is 231 g/mol. The molecule has 96 valence electrons. The van der Waals surface area contributed by atoms with E-state index in [1.165, 1.54) is 0 Å². The summed E-state index contributed by atoms with van der Waals surface area (Å²) in [6, 6.07) is -0.238. The molecule has 0 heterocycles. The second-order valence-corrected chi connectivity index (χ2v) is 4.73. The van der Waals surface area contributed by atoms with E-state index in [0.29, 0.717) is 19.6 Å². The van der Waals surface area contributed by atoms with Gasteiger partial charge in [-0.1, -0.05) is 20.8 Å². The minimum absolute atomic E-state index is 0.00529. The van der Waals surface area contributed by atoms with Crippen LogP contribution < -0.4 is 5.32 Å². The average Bonchev–Trinajstić information content (AvgIpc) is 2.18. The van der Waals surface area contributed by atoms with Gasteiger partial charge in [-0.15, -0.1) is 0 Å². The zero-order valence-corrected chi connectivity index (χ0v) is 10.9. The van der Waals surface area contributed by atoms with Crippen LogP contribution in [0.3, 0.4) is 0 Å². The van der Waals surface area contributed by atoms with Crippen molar-refractivity contribution in [3.05, 3.63) is 0 Å². The Morgan fingerprint density at radius 3 is 2.50 bits per heavy atom. The highest BCUT2D eigenvalue weighted by Crippen LogP contribution is 2.18. The van der Waals surface area contributed by atoms with Gasteiger partial charge in [0.15, 0.2) is 0 Å². The minimum atomic E-state index is -0.238. The number of carbonyl (C=O) groups is 1. The molecule has 0 aromatic heterocycles. The van der Waals surface area contributed by atoms with Gasteiger partial charge in [-0.25, -0.2) is 0 Å². The second kappa shape index (κ2) is 7.63. The van der Waals surface area contributed by atoms with Crippen molar-refractivity contribution in [3.63, 3.8) is 0 Å². The summed E-state index contributed by atoms with van der Waals surface area (Å²) in [7, 11) is 0. The van der Waals surface area contributed by atoms with E-state index in [4.69, 9.17) is 9.84 Å². The van der Waals surface area contributed by atoms with Crippen LogP contribution in [-0.4, -0.2) is 36.9 Å². The second-order valence-electron chi connectivity index (χ2n) is 4.73. The Hall–Kier alpha value is -0.610. The third kappa shape index (κ3) is 6.08. The monoisotopic (exact) mass is 231 g/mol. The minimum Gasteiger partial charge on any atom is -0.465 e. The van der Waals surface area contributed by atoms with Crippen molar-refractivity contribution in [2.24, 2.45) is 5.41 Å². The number of aliphatic hydroxyl groups is 1. The van der Waals surface area contributed by atoms with Gasteiger partial charge in [0.25, 0.3) is 0 Å². The molecule has 0 aromatic rings. The predicted molar refractivity (Wildman–Crippen MR) is 64.2 cm³/mol. The van der Waals surface area contributed by atoms with Crippen LogP contribution in [0.25, 0.3) is 0 Å². The molecule has 0 spiro atoms. The molecule has 0 saturated heterocycles. The normalized spacial score (nSPS) is 13.6. The molecule has 1 unspecified atom stereocenters. The molecule has 4 nitrogen and oxygen atoms in total. The highest BCUT2D eigenvalue weighted by Gasteiger charge is 2.22. The number of nitrogens with one attached hydrogen (secondary N) is 1. The molecule has 16 heavy (non-hydrogen) atoms. The lowest BCUT2D eigenvalue weighted by atomic mass is 9.89. The first-order valence-electron chi connectivity index (χ1n) is 5.97. The molecule has 0 aliphatic heterocycles. The van der Waals surface area contributed by atoms with Crippen LogP contribution in [0.15, 0.2) is 0 Å². The Morgan fingerprint density at radius 1 is 1.44 bits per heavy atom. The van der Waals surface area contributed by atoms with Crippen molar-refractivity contribution in [2.45, 2.75) is 46.6 Å². The summed E-state index contributed by atoms with van der Waals surface area (Å²) in [5, 5.41) is 12.1. The van der Waals surface area contributed by atoms with Gasteiger partial charge in [0, 0.05) is 13.2 Å². The zero-order valence-electron chi connectivity index (χ0n) is 10.9. The van der Waals surface area contributed by atoms with Crippen LogP contribution in [0.4, 0.5) is 0 Å². The van der Waals surface area contributed by atoms with E-state index in [2.05, 4.69) is 19.2 Å². The topological polar surface area (TPSA) is 58.6 Å². The zero-order chi connectivity index (χ0) is 12.6. The highest BCUT2D eigenvalue weighted by atomic mass is 16.5. The molecule has 0 bridgehead atoms. The Balaban J connectivity index is 4.08. The Labute approximate surface area is 98.4 Å². The van der Waals surface area contributed by atoms with Crippen molar-refractivity contribution in [1.29, 1.82) is 0 Å². The smallest absolute Gasteiger partial charge is 0.323 e. The molecule has 0 radical (unpaired) electrons. The van der Waals surface area contributed by atoms with E-state index in [0.717, 1.165) is 6.42 Å². The molecular formula is C12H25NO3. The fourth-order valence-electron chi connectivity index (χ4n) is 1.43. The molecule has 0 rings (SSSR count). The van der Waals surface area contributed by atoms with Gasteiger partial charge in [-0.2, -0.15) is 0 Å². The van der Waals surface area contributed by atoms with E-state index < -0.39 is 0 Å². The molecule has 0 aliphatic rings. The summed E-state index contributed by atoms with van der Waals surface area (Å²) in [6.07, 6.45) is 1.44. The lowest BCUT2D eigenvalue weighted by Crippen LogP contribution is -2.42. The molecule has 1 atom stereocenters. The summed E-state index contributed by atoms with van der Waals surface area (Å²) in [5.74, 6) is -0.190. The number of hydrogen-bond acceptors (Lipinski definition) is 4. The molecule has 0 saturated carbocycles. The first kappa shape index (κ1) is 15.4. The fourth-order valence-corrected chi connectivity index (χ4v) is 1.43. The summed E-state index contributed by atoms with van der Waals surface area (Å²) < 4.78 is 4.97. The van der Waals surface area contributed by atoms with E-state index in [1.807, 2.05) is 6.92 Å². The molecular weight excluding hydrogens is 206 g/mol. The number of ether oxygens (including phenoxy) is 1. The SMILES string of the molecule is CCOC(=O)C(CC)NCC(C)(C)CCO. The van der Waals surface area contributed by atoms with E-state index in [-0.39, 0.29) is 24.0 Å². The Kier molecular flexibility index (Phi) is 7.34. The molecule has 0 aromatic carbocycles. The standard InChI is InChI=1S/C12H25NO3/c1-5-10(11(15)16-6-2)13-9-12(3,4)7-8-14/h10,13-14H,5-9H2,1-4H3. The lowest BCUT2D eigenvalue weighted by molar-refractivity contribution is -0.145. The maximum atomic E-state index is 11.5. The first-order valence-corrected chi connectivity index (χ1v) is 5.97. The van der Waals surface area contributed by atoms with Gasteiger partial charge in [0.05, 0.1) is 6.61 Å². The van der Waals surface area contributed by atoms with E-state index in [9.17, 15) is 4.79 Å². The van der Waals surface area contributed by atoms with Gasteiger partial charge in [-0.3, -0.25) is 4.79 Å². The van der Waals surface area contributed by atoms with Gasteiger partial charge < -0.3 is 15.2 Å².